The van der Waals surface area contributed by atoms with E-state index in [9.17, 15) is 9.59 Å². The molecular weight excluding hydrogens is 482 g/mol. The van der Waals surface area contributed by atoms with Gasteiger partial charge in [0.2, 0.25) is 0 Å². The van der Waals surface area contributed by atoms with Crippen LogP contribution in [0.25, 0.3) is 0 Å². The van der Waals surface area contributed by atoms with Gasteiger partial charge in [-0.25, -0.2) is 4.79 Å². The quantitative estimate of drug-likeness (QED) is 0.453. The van der Waals surface area contributed by atoms with Gasteiger partial charge < -0.3 is 19.1 Å². The molecule has 2 aliphatic heterocycles. The first-order valence-electron chi connectivity index (χ1n) is 14.6. The molecule has 1 aliphatic carbocycles. The van der Waals surface area contributed by atoms with Crippen LogP contribution in [0.15, 0.2) is 30.3 Å². The predicted molar refractivity (Wildman–Crippen MR) is 147 cm³/mol. The number of hydrogen-bond donors (Lipinski definition) is 0. The van der Waals surface area contributed by atoms with E-state index in [0.29, 0.717) is 13.2 Å². The molecule has 3 aliphatic rings. The van der Waals surface area contributed by atoms with Gasteiger partial charge in [-0.3, -0.25) is 14.6 Å². The van der Waals surface area contributed by atoms with Crippen molar-refractivity contribution >= 4 is 12.1 Å². The van der Waals surface area contributed by atoms with Crippen molar-refractivity contribution in [2.45, 2.75) is 96.7 Å². The second-order valence-corrected chi connectivity index (χ2v) is 11.9. The molecule has 0 N–H and O–H groups in total. The molecule has 0 spiro atoms. The lowest BCUT2D eigenvalue weighted by atomic mass is 9.87. The van der Waals surface area contributed by atoms with Gasteiger partial charge in [0.15, 0.2) is 0 Å². The highest BCUT2D eigenvalue weighted by Gasteiger charge is 2.42. The van der Waals surface area contributed by atoms with E-state index in [1.807, 2.05) is 32.6 Å². The van der Waals surface area contributed by atoms with Crippen LogP contribution in [0.5, 0.6) is 0 Å². The number of ether oxygens (including phenoxy) is 3. The lowest BCUT2D eigenvalue weighted by Gasteiger charge is -2.45. The molecule has 2 atom stereocenters. The van der Waals surface area contributed by atoms with Gasteiger partial charge in [0.05, 0.1) is 24.7 Å². The van der Waals surface area contributed by atoms with E-state index in [4.69, 9.17) is 14.2 Å². The Labute approximate surface area is 228 Å². The van der Waals surface area contributed by atoms with Crippen molar-refractivity contribution in [2.75, 3.05) is 39.3 Å². The molecule has 1 aromatic rings. The van der Waals surface area contributed by atoms with Crippen molar-refractivity contribution in [1.82, 2.24) is 14.7 Å². The zero-order valence-electron chi connectivity index (χ0n) is 23.8. The number of esters is 1. The van der Waals surface area contributed by atoms with Crippen LogP contribution < -0.4 is 0 Å². The van der Waals surface area contributed by atoms with Crippen molar-refractivity contribution in [2.24, 2.45) is 5.92 Å². The van der Waals surface area contributed by atoms with Gasteiger partial charge in [-0.05, 0) is 71.8 Å². The third kappa shape index (κ3) is 7.93. The summed E-state index contributed by atoms with van der Waals surface area (Å²) in [4.78, 5) is 32.2. The summed E-state index contributed by atoms with van der Waals surface area (Å²) in [6, 6.07) is 10.6. The average Bonchev–Trinajstić information content (AvgIpc) is 3.38. The van der Waals surface area contributed by atoms with Crippen LogP contribution in [0.3, 0.4) is 0 Å². The van der Waals surface area contributed by atoms with E-state index >= 15 is 0 Å². The van der Waals surface area contributed by atoms with Crippen LogP contribution in [0, 0.1) is 5.92 Å². The first-order chi connectivity index (χ1) is 18.2. The van der Waals surface area contributed by atoms with Crippen LogP contribution in [-0.4, -0.2) is 90.1 Å². The number of rotatable bonds is 8. The topological polar surface area (TPSA) is 71.5 Å². The Bertz CT molecular complexity index is 889. The molecule has 0 bridgehead atoms. The number of nitrogens with zero attached hydrogens (tertiary/aromatic N) is 3. The Morgan fingerprint density at radius 3 is 2.26 bits per heavy atom. The first kappa shape index (κ1) is 28.8. The number of likely N-dealkylation sites (tertiary alicyclic amines) is 1. The molecule has 38 heavy (non-hydrogen) atoms. The number of benzene rings is 1. The molecule has 8 heteroatoms. The van der Waals surface area contributed by atoms with Gasteiger partial charge in [0.1, 0.15) is 11.8 Å². The van der Waals surface area contributed by atoms with E-state index in [0.717, 1.165) is 71.2 Å². The van der Waals surface area contributed by atoms with Gasteiger partial charge >= 0.3 is 12.1 Å². The fraction of sp³-hybridized carbons (Fsp3) is 0.733. The lowest BCUT2D eigenvalue weighted by Crippen LogP contribution is -2.58. The molecule has 1 unspecified atom stereocenters. The van der Waals surface area contributed by atoms with E-state index in [1.54, 1.807) is 0 Å². The highest BCUT2D eigenvalue weighted by molar-refractivity contribution is 5.72. The van der Waals surface area contributed by atoms with Gasteiger partial charge in [0, 0.05) is 39.3 Å². The smallest absolute Gasteiger partial charge is 0.410 e. The Morgan fingerprint density at radius 2 is 1.63 bits per heavy atom. The Balaban J connectivity index is 1.42. The second kappa shape index (κ2) is 13.3. The molecule has 212 valence electrons. The first-order valence-corrected chi connectivity index (χ1v) is 14.6. The Morgan fingerprint density at radius 1 is 0.947 bits per heavy atom. The SMILES string of the molecule is CCOC(=O)[C@H]1CC[C@H](OC([C@@H]2CCCN2C(=O)OC(C)(C)C)N2CCN(Cc3ccccc3)CC2)CC1. The molecule has 0 aromatic heterocycles. The van der Waals surface area contributed by atoms with Gasteiger partial charge in [0.25, 0.3) is 0 Å². The molecule has 1 aromatic carbocycles. The second-order valence-electron chi connectivity index (χ2n) is 11.9. The van der Waals surface area contributed by atoms with Crippen molar-refractivity contribution < 1.29 is 23.8 Å². The summed E-state index contributed by atoms with van der Waals surface area (Å²) in [6.07, 6.45) is 4.78. The minimum atomic E-state index is -0.533. The standard InChI is InChI=1S/C30H47N3O5/c1-5-36-28(34)24-13-15-25(16-14-24)37-27(26-12-9-17-33(26)29(35)38-30(2,3)4)32-20-18-31(19-21-32)22-23-10-7-6-8-11-23/h6-8,10-11,24-27H,5,9,12-22H2,1-4H3/t24-,25-,26-,27?/m0/s1. The molecule has 3 fully saturated rings. The molecule has 1 amide bonds. The Kier molecular flexibility index (Phi) is 10.1. The van der Waals surface area contributed by atoms with Gasteiger partial charge in [-0.1, -0.05) is 30.3 Å². The summed E-state index contributed by atoms with van der Waals surface area (Å²) in [6.45, 7) is 13.4. The largest absolute Gasteiger partial charge is 0.466 e. The third-order valence-electron chi connectivity index (χ3n) is 7.90. The number of carbonyl (C=O) groups is 2. The molecule has 1 saturated carbocycles. The van der Waals surface area contributed by atoms with Crippen molar-refractivity contribution in [3.8, 4) is 0 Å². The van der Waals surface area contributed by atoms with E-state index in [1.165, 1.54) is 5.56 Å². The lowest BCUT2D eigenvalue weighted by molar-refractivity contribution is -0.159. The summed E-state index contributed by atoms with van der Waals surface area (Å²) in [5.41, 5.74) is 0.800. The van der Waals surface area contributed by atoms with Crippen LogP contribution in [0.1, 0.15) is 71.8 Å². The number of amides is 1. The number of hydrogen-bond acceptors (Lipinski definition) is 7. The van der Waals surface area contributed by atoms with Crippen molar-refractivity contribution in [3.63, 3.8) is 0 Å². The Hall–Kier alpha value is -2.16. The average molecular weight is 530 g/mol. The molecule has 0 radical (unpaired) electrons. The zero-order chi connectivity index (χ0) is 27.1. The molecule has 2 saturated heterocycles. The highest BCUT2D eigenvalue weighted by Crippen LogP contribution is 2.33. The zero-order valence-corrected chi connectivity index (χ0v) is 23.8. The summed E-state index contributed by atoms with van der Waals surface area (Å²) in [7, 11) is 0. The van der Waals surface area contributed by atoms with Crippen LogP contribution in [0.2, 0.25) is 0 Å². The van der Waals surface area contributed by atoms with Crippen molar-refractivity contribution in [1.29, 1.82) is 0 Å². The van der Waals surface area contributed by atoms with E-state index in [2.05, 4.69) is 40.1 Å². The highest BCUT2D eigenvalue weighted by atomic mass is 16.6. The molecule has 4 rings (SSSR count). The fourth-order valence-corrected chi connectivity index (χ4v) is 5.97. The summed E-state index contributed by atoms with van der Waals surface area (Å²) in [5, 5.41) is 0. The predicted octanol–water partition coefficient (Wildman–Crippen LogP) is 4.67. The maximum absolute atomic E-state index is 13.2. The maximum atomic E-state index is 13.2. The minimum absolute atomic E-state index is 0.0282. The normalized spacial score (nSPS) is 26.2. The minimum Gasteiger partial charge on any atom is -0.466 e. The summed E-state index contributed by atoms with van der Waals surface area (Å²) >= 11 is 0. The van der Waals surface area contributed by atoms with Crippen LogP contribution in [0.4, 0.5) is 4.79 Å². The summed E-state index contributed by atoms with van der Waals surface area (Å²) < 4.78 is 17.9. The molecular formula is C30H47N3O5. The molecule has 8 nitrogen and oxygen atoms in total. The van der Waals surface area contributed by atoms with Gasteiger partial charge in [-0.15, -0.1) is 0 Å². The summed E-state index contributed by atoms with van der Waals surface area (Å²) in [5.74, 6) is -0.108. The monoisotopic (exact) mass is 529 g/mol. The van der Waals surface area contributed by atoms with E-state index < -0.39 is 5.60 Å². The third-order valence-corrected chi connectivity index (χ3v) is 7.90. The molecule has 2 heterocycles. The van der Waals surface area contributed by atoms with Crippen LogP contribution in [-0.2, 0) is 25.5 Å². The van der Waals surface area contributed by atoms with Crippen molar-refractivity contribution in [3.05, 3.63) is 35.9 Å². The van der Waals surface area contributed by atoms with Gasteiger partial charge in [-0.2, -0.15) is 0 Å². The fourth-order valence-electron chi connectivity index (χ4n) is 5.97. The number of piperazine rings is 1. The van der Waals surface area contributed by atoms with E-state index in [-0.39, 0.29) is 36.4 Å². The maximum Gasteiger partial charge on any atom is 0.410 e. The van der Waals surface area contributed by atoms with Crippen LogP contribution >= 0.6 is 0 Å². The number of carbonyl (C=O) groups excluding carboxylic acids is 2.